The van der Waals surface area contributed by atoms with Gasteiger partial charge in [-0.05, 0) is 38.8 Å². The van der Waals surface area contributed by atoms with Gasteiger partial charge in [-0.25, -0.2) is 9.97 Å². The lowest BCUT2D eigenvalue weighted by Gasteiger charge is -2.19. The summed E-state index contributed by atoms with van der Waals surface area (Å²) >= 11 is 0. The quantitative estimate of drug-likeness (QED) is 0.891. The molecule has 1 aromatic heterocycles. The van der Waals surface area contributed by atoms with E-state index in [-0.39, 0.29) is 6.04 Å². The van der Waals surface area contributed by atoms with Gasteiger partial charge in [0.15, 0.2) is 0 Å². The molecule has 2 rings (SSSR count). The molecular weight excluding hydrogens is 248 g/mol. The van der Waals surface area contributed by atoms with Crippen molar-refractivity contribution in [3.63, 3.8) is 0 Å². The molecule has 0 aliphatic rings. The van der Waals surface area contributed by atoms with Gasteiger partial charge in [0.1, 0.15) is 17.5 Å². The number of hydrogen-bond donors (Lipinski definition) is 2. The molecule has 0 fully saturated rings. The maximum atomic E-state index is 4.51. The van der Waals surface area contributed by atoms with E-state index in [2.05, 4.69) is 58.7 Å². The third kappa shape index (κ3) is 2.90. The molecule has 0 bridgehead atoms. The van der Waals surface area contributed by atoms with E-state index in [1.165, 1.54) is 11.1 Å². The molecule has 0 aliphatic heterocycles. The van der Waals surface area contributed by atoms with Crippen LogP contribution in [0.1, 0.15) is 35.5 Å². The zero-order valence-corrected chi connectivity index (χ0v) is 12.8. The van der Waals surface area contributed by atoms with Crippen molar-refractivity contribution in [1.29, 1.82) is 0 Å². The number of nitrogens with zero attached hydrogens (tertiary/aromatic N) is 2. The lowest BCUT2D eigenvalue weighted by molar-refractivity contribution is 0.854. The van der Waals surface area contributed by atoms with E-state index in [1.807, 2.05) is 20.9 Å². The van der Waals surface area contributed by atoms with Gasteiger partial charge in [0, 0.05) is 12.6 Å². The topological polar surface area (TPSA) is 49.8 Å². The van der Waals surface area contributed by atoms with Gasteiger partial charge in [-0.2, -0.15) is 0 Å². The van der Waals surface area contributed by atoms with Crippen molar-refractivity contribution in [1.82, 2.24) is 9.97 Å². The second kappa shape index (κ2) is 5.90. The largest absolute Gasteiger partial charge is 0.373 e. The van der Waals surface area contributed by atoms with Crippen molar-refractivity contribution in [3.8, 4) is 0 Å². The fourth-order valence-corrected chi connectivity index (χ4v) is 2.37. The van der Waals surface area contributed by atoms with Crippen LogP contribution in [0.4, 0.5) is 11.6 Å². The summed E-state index contributed by atoms with van der Waals surface area (Å²) < 4.78 is 0. The molecule has 1 aromatic carbocycles. The molecule has 0 saturated carbocycles. The van der Waals surface area contributed by atoms with Gasteiger partial charge in [-0.1, -0.05) is 24.3 Å². The van der Waals surface area contributed by atoms with Gasteiger partial charge in [0.05, 0.1) is 6.04 Å². The first-order valence-electron chi connectivity index (χ1n) is 6.88. The van der Waals surface area contributed by atoms with Gasteiger partial charge >= 0.3 is 0 Å². The molecule has 2 N–H and O–H groups in total. The van der Waals surface area contributed by atoms with Crippen LogP contribution in [0.3, 0.4) is 0 Å². The Kier molecular flexibility index (Phi) is 4.23. The number of rotatable bonds is 4. The van der Waals surface area contributed by atoms with Gasteiger partial charge in [-0.15, -0.1) is 0 Å². The Morgan fingerprint density at radius 1 is 1.00 bits per heavy atom. The van der Waals surface area contributed by atoms with E-state index in [1.54, 1.807) is 0 Å². The smallest absolute Gasteiger partial charge is 0.135 e. The number of hydrogen-bond acceptors (Lipinski definition) is 4. The van der Waals surface area contributed by atoms with Gasteiger partial charge in [0.2, 0.25) is 0 Å². The maximum absolute atomic E-state index is 4.51. The standard InChI is InChI=1S/C16H22N4/c1-10-8-6-7-9-14(10)12(3)18-16-11(2)15(17-5)19-13(4)20-16/h6-9,12H,1-5H3,(H2,17,18,19,20). The summed E-state index contributed by atoms with van der Waals surface area (Å²) in [5, 5.41) is 6.60. The van der Waals surface area contributed by atoms with E-state index in [9.17, 15) is 0 Å². The summed E-state index contributed by atoms with van der Waals surface area (Å²) in [5.41, 5.74) is 3.61. The normalized spacial score (nSPS) is 12.1. The molecule has 0 spiro atoms. The third-order valence-electron chi connectivity index (χ3n) is 3.50. The fourth-order valence-electron chi connectivity index (χ4n) is 2.37. The van der Waals surface area contributed by atoms with Crippen LogP contribution in [-0.4, -0.2) is 17.0 Å². The van der Waals surface area contributed by atoms with Crippen LogP contribution in [0.5, 0.6) is 0 Å². The van der Waals surface area contributed by atoms with Crippen molar-refractivity contribution >= 4 is 11.6 Å². The Hall–Kier alpha value is -2.10. The minimum atomic E-state index is 0.203. The molecule has 0 saturated heterocycles. The van der Waals surface area contributed by atoms with Crippen LogP contribution in [0.2, 0.25) is 0 Å². The molecule has 4 nitrogen and oxygen atoms in total. The number of benzene rings is 1. The third-order valence-corrected chi connectivity index (χ3v) is 3.50. The van der Waals surface area contributed by atoms with Gasteiger partial charge < -0.3 is 10.6 Å². The summed E-state index contributed by atoms with van der Waals surface area (Å²) in [6.07, 6.45) is 0. The average molecular weight is 270 g/mol. The van der Waals surface area contributed by atoms with E-state index < -0.39 is 0 Å². The van der Waals surface area contributed by atoms with Crippen molar-refractivity contribution in [2.24, 2.45) is 0 Å². The van der Waals surface area contributed by atoms with Crippen LogP contribution in [0.25, 0.3) is 0 Å². The number of nitrogens with one attached hydrogen (secondary N) is 2. The molecule has 4 heteroatoms. The number of anilines is 2. The monoisotopic (exact) mass is 270 g/mol. The predicted molar refractivity (Wildman–Crippen MR) is 84.3 cm³/mol. The zero-order valence-electron chi connectivity index (χ0n) is 12.8. The molecule has 20 heavy (non-hydrogen) atoms. The molecule has 2 aromatic rings. The molecule has 106 valence electrons. The van der Waals surface area contributed by atoms with Crippen molar-refractivity contribution in [2.45, 2.75) is 33.7 Å². The van der Waals surface area contributed by atoms with Crippen molar-refractivity contribution in [3.05, 3.63) is 46.8 Å². The second-order valence-corrected chi connectivity index (χ2v) is 5.07. The SMILES string of the molecule is CNc1nc(C)nc(NC(C)c2ccccc2C)c1C. The highest BCUT2D eigenvalue weighted by Crippen LogP contribution is 2.25. The zero-order chi connectivity index (χ0) is 14.7. The molecule has 1 heterocycles. The highest BCUT2D eigenvalue weighted by molar-refractivity contribution is 5.57. The first kappa shape index (κ1) is 14.3. The average Bonchev–Trinajstić information content (AvgIpc) is 2.42. The first-order valence-corrected chi connectivity index (χ1v) is 6.88. The van der Waals surface area contributed by atoms with Gasteiger partial charge in [0.25, 0.3) is 0 Å². The number of aromatic nitrogens is 2. The minimum Gasteiger partial charge on any atom is -0.373 e. The van der Waals surface area contributed by atoms with Crippen LogP contribution in [0.15, 0.2) is 24.3 Å². The van der Waals surface area contributed by atoms with Crippen LogP contribution in [-0.2, 0) is 0 Å². The van der Waals surface area contributed by atoms with Crippen LogP contribution >= 0.6 is 0 Å². The van der Waals surface area contributed by atoms with Crippen LogP contribution < -0.4 is 10.6 Å². The summed E-state index contributed by atoms with van der Waals surface area (Å²) in [6.45, 7) is 8.21. The summed E-state index contributed by atoms with van der Waals surface area (Å²) in [4.78, 5) is 8.90. The van der Waals surface area contributed by atoms with Crippen molar-refractivity contribution in [2.75, 3.05) is 17.7 Å². The molecule has 1 atom stereocenters. The Balaban J connectivity index is 2.30. The van der Waals surface area contributed by atoms with E-state index in [0.717, 1.165) is 23.0 Å². The van der Waals surface area contributed by atoms with E-state index in [4.69, 9.17) is 0 Å². The van der Waals surface area contributed by atoms with Crippen LogP contribution in [0, 0.1) is 20.8 Å². The second-order valence-electron chi connectivity index (χ2n) is 5.07. The lowest BCUT2D eigenvalue weighted by Crippen LogP contribution is -2.12. The molecular formula is C16H22N4. The summed E-state index contributed by atoms with van der Waals surface area (Å²) in [7, 11) is 1.88. The molecule has 1 unspecified atom stereocenters. The van der Waals surface area contributed by atoms with E-state index in [0.29, 0.717) is 0 Å². The first-order chi connectivity index (χ1) is 9.52. The molecule has 0 radical (unpaired) electrons. The molecule has 0 aliphatic carbocycles. The molecule has 0 amide bonds. The Morgan fingerprint density at radius 2 is 1.65 bits per heavy atom. The fraction of sp³-hybridized carbons (Fsp3) is 0.375. The summed E-state index contributed by atoms with van der Waals surface area (Å²) in [5.74, 6) is 2.52. The van der Waals surface area contributed by atoms with Gasteiger partial charge in [-0.3, -0.25) is 0 Å². The maximum Gasteiger partial charge on any atom is 0.135 e. The lowest BCUT2D eigenvalue weighted by atomic mass is 10.0. The Labute approximate surface area is 120 Å². The summed E-state index contributed by atoms with van der Waals surface area (Å²) in [6, 6.07) is 8.61. The minimum absolute atomic E-state index is 0.203. The predicted octanol–water partition coefficient (Wildman–Crippen LogP) is 3.62. The Morgan fingerprint density at radius 3 is 2.30 bits per heavy atom. The Bertz CT molecular complexity index is 607. The number of aryl methyl sites for hydroxylation is 2. The highest BCUT2D eigenvalue weighted by Gasteiger charge is 2.13. The van der Waals surface area contributed by atoms with E-state index >= 15 is 0 Å². The van der Waals surface area contributed by atoms with Crippen molar-refractivity contribution < 1.29 is 0 Å². The highest BCUT2D eigenvalue weighted by atomic mass is 15.1.